The lowest BCUT2D eigenvalue weighted by Crippen LogP contribution is -2.30. The molecule has 0 aliphatic carbocycles. The van der Waals surface area contributed by atoms with Crippen LogP contribution in [-0.4, -0.2) is 96.7 Å². The average molecular weight is 1450 g/mol. The summed E-state index contributed by atoms with van der Waals surface area (Å²) in [7, 11) is -9.92. The first-order valence-corrected chi connectivity index (χ1v) is 44.3. The van der Waals surface area contributed by atoms with E-state index in [-0.39, 0.29) is 25.7 Å². The van der Waals surface area contributed by atoms with E-state index in [9.17, 15) is 43.2 Å². The van der Waals surface area contributed by atoms with Crippen molar-refractivity contribution < 1.29 is 80.2 Å². The van der Waals surface area contributed by atoms with Crippen molar-refractivity contribution in [1.29, 1.82) is 0 Å². The number of unbranched alkanes of at least 4 members (excludes halogenated alkanes) is 41. The van der Waals surface area contributed by atoms with Gasteiger partial charge in [0, 0.05) is 25.7 Å². The van der Waals surface area contributed by atoms with Gasteiger partial charge in [0.2, 0.25) is 0 Å². The molecule has 0 amide bonds. The molecule has 99 heavy (non-hydrogen) atoms. The van der Waals surface area contributed by atoms with Crippen molar-refractivity contribution in [2.75, 3.05) is 39.6 Å². The van der Waals surface area contributed by atoms with Gasteiger partial charge in [-0.25, -0.2) is 9.13 Å². The van der Waals surface area contributed by atoms with Gasteiger partial charge in [0.15, 0.2) is 12.2 Å². The van der Waals surface area contributed by atoms with Gasteiger partial charge in [-0.2, -0.15) is 0 Å². The number of rotatable bonds is 77. The lowest BCUT2D eigenvalue weighted by atomic mass is 9.99. The molecule has 588 valence electrons. The molecule has 0 aromatic carbocycles. The van der Waals surface area contributed by atoms with Gasteiger partial charge in [-0.15, -0.1) is 0 Å². The minimum Gasteiger partial charge on any atom is -0.462 e. The minimum absolute atomic E-state index is 0.105. The van der Waals surface area contributed by atoms with Crippen LogP contribution in [0.4, 0.5) is 0 Å². The molecule has 0 radical (unpaired) electrons. The molecule has 0 rings (SSSR count). The van der Waals surface area contributed by atoms with Crippen LogP contribution < -0.4 is 0 Å². The summed E-state index contributed by atoms with van der Waals surface area (Å²) in [5.74, 6) is 1.02. The number of aliphatic hydroxyl groups is 1. The van der Waals surface area contributed by atoms with Crippen molar-refractivity contribution in [3.05, 3.63) is 0 Å². The first kappa shape index (κ1) is 97.1. The monoisotopic (exact) mass is 1450 g/mol. The SMILES string of the molecule is CCC(C)CCCCCCCCCCCCC(=O)O[C@H](COC(=O)CCCCCCCCC(C)CC)COP(=O)(O)OC[C@H](O)COP(=O)(O)OC[C@@H](COC(=O)CCCCCCCCCCCCCCCCCC(C)C)OC(=O)CCCCCCCCCCCCCCCCC(C)C. The third-order valence-corrected chi connectivity index (χ3v) is 21.2. The van der Waals surface area contributed by atoms with Crippen molar-refractivity contribution in [1.82, 2.24) is 0 Å². The zero-order valence-corrected chi connectivity index (χ0v) is 66.9. The highest BCUT2D eigenvalue weighted by molar-refractivity contribution is 7.47. The second-order valence-electron chi connectivity index (χ2n) is 30.2. The summed E-state index contributed by atoms with van der Waals surface area (Å²) in [4.78, 5) is 73.0. The van der Waals surface area contributed by atoms with Crippen molar-refractivity contribution >= 4 is 39.5 Å². The molecule has 0 aromatic heterocycles. The molecule has 7 atom stereocenters. The quantitative estimate of drug-likeness (QED) is 0.0222. The van der Waals surface area contributed by atoms with Crippen LogP contribution in [0.5, 0.6) is 0 Å². The Labute approximate surface area is 607 Å². The molecule has 0 spiro atoms. The fourth-order valence-electron chi connectivity index (χ4n) is 12.2. The third-order valence-electron chi connectivity index (χ3n) is 19.3. The van der Waals surface area contributed by atoms with E-state index in [4.69, 9.17) is 37.0 Å². The Kier molecular flexibility index (Phi) is 67.8. The molecule has 19 heteroatoms. The van der Waals surface area contributed by atoms with E-state index >= 15 is 0 Å². The second-order valence-corrected chi connectivity index (χ2v) is 33.1. The standard InChI is InChI=1S/C80H156O17P2/c1-9-72(7)58-50-42-34-28-24-25-31-37-47-55-63-80(85)97-76(67-91-78(83)61-53-45-39-38-43-51-59-73(8)10-2)69-95-99(88,89)93-65-74(81)64-92-98(86,87)94-68-75(96-79(84)62-54-46-36-30-23-19-15-14-17-21-27-33-41-49-57-71(5)6)66-90-77(82)60-52-44-35-29-22-18-13-11-12-16-20-26-32-40-48-56-70(3)4/h70-76,81H,9-69H2,1-8H3,(H,86,87)(H,88,89)/t72?,73?,74-,75-,76-/m1/s1. The molecule has 0 aliphatic heterocycles. The Hall–Kier alpha value is -1.94. The Bertz CT molecular complexity index is 1940. The normalized spacial score (nSPS) is 14.6. The number of carbonyl (C=O) groups excluding carboxylic acids is 4. The predicted octanol–water partition coefficient (Wildman–Crippen LogP) is 23.6. The number of esters is 4. The highest BCUT2D eigenvalue weighted by Crippen LogP contribution is 2.45. The van der Waals surface area contributed by atoms with Gasteiger partial charge in [-0.05, 0) is 49.4 Å². The average Bonchev–Trinajstić information content (AvgIpc) is 1.05. The van der Waals surface area contributed by atoms with Crippen LogP contribution in [0.15, 0.2) is 0 Å². The Balaban J connectivity index is 5.25. The smallest absolute Gasteiger partial charge is 0.462 e. The Morgan fingerprint density at radius 3 is 0.717 bits per heavy atom. The second kappa shape index (κ2) is 69.1. The molecule has 0 bridgehead atoms. The van der Waals surface area contributed by atoms with Crippen molar-refractivity contribution in [3.8, 4) is 0 Å². The fraction of sp³-hybridized carbons (Fsp3) is 0.950. The molecule has 17 nitrogen and oxygen atoms in total. The summed E-state index contributed by atoms with van der Waals surface area (Å²) >= 11 is 0. The summed E-state index contributed by atoms with van der Waals surface area (Å²) in [5.41, 5.74) is 0. The number of hydrogen-bond acceptors (Lipinski definition) is 15. The molecule has 0 aliphatic rings. The first-order valence-electron chi connectivity index (χ1n) is 41.3. The van der Waals surface area contributed by atoms with E-state index < -0.39 is 97.5 Å². The summed E-state index contributed by atoms with van der Waals surface area (Å²) in [5, 5.41) is 10.6. The first-order chi connectivity index (χ1) is 47.7. The number of aliphatic hydroxyl groups excluding tert-OH is 1. The minimum atomic E-state index is -4.96. The van der Waals surface area contributed by atoms with Crippen molar-refractivity contribution in [2.24, 2.45) is 23.7 Å². The van der Waals surface area contributed by atoms with Crippen LogP contribution in [0, 0.1) is 23.7 Å². The highest BCUT2D eigenvalue weighted by atomic mass is 31.2. The number of hydrogen-bond donors (Lipinski definition) is 3. The molecule has 0 aromatic rings. The van der Waals surface area contributed by atoms with Crippen LogP contribution in [0.25, 0.3) is 0 Å². The maximum absolute atomic E-state index is 13.1. The molecular formula is C80H156O17P2. The van der Waals surface area contributed by atoms with Crippen LogP contribution in [-0.2, 0) is 65.4 Å². The predicted molar refractivity (Wildman–Crippen MR) is 404 cm³/mol. The topological polar surface area (TPSA) is 237 Å². The lowest BCUT2D eigenvalue weighted by Gasteiger charge is -2.21. The highest BCUT2D eigenvalue weighted by Gasteiger charge is 2.30. The van der Waals surface area contributed by atoms with Crippen LogP contribution in [0.1, 0.15) is 409 Å². The molecule has 0 heterocycles. The van der Waals surface area contributed by atoms with Gasteiger partial charge in [0.25, 0.3) is 0 Å². The summed E-state index contributed by atoms with van der Waals surface area (Å²) in [6.45, 7) is 14.3. The zero-order chi connectivity index (χ0) is 73.1. The van der Waals surface area contributed by atoms with Gasteiger partial charge in [0.05, 0.1) is 26.4 Å². The summed E-state index contributed by atoms with van der Waals surface area (Å²) < 4.78 is 68.7. The van der Waals surface area contributed by atoms with E-state index in [0.717, 1.165) is 120 Å². The molecule has 0 saturated heterocycles. The zero-order valence-electron chi connectivity index (χ0n) is 65.1. The van der Waals surface area contributed by atoms with Crippen LogP contribution >= 0.6 is 15.6 Å². The fourth-order valence-corrected chi connectivity index (χ4v) is 13.8. The van der Waals surface area contributed by atoms with E-state index in [0.29, 0.717) is 25.7 Å². The number of carbonyl (C=O) groups is 4. The third kappa shape index (κ3) is 71.5. The van der Waals surface area contributed by atoms with E-state index in [1.54, 1.807) is 0 Å². The van der Waals surface area contributed by atoms with Gasteiger partial charge < -0.3 is 33.8 Å². The molecule has 4 unspecified atom stereocenters. The number of ether oxygens (including phenoxy) is 4. The Morgan fingerprint density at radius 2 is 0.485 bits per heavy atom. The maximum Gasteiger partial charge on any atom is 0.472 e. The molecule has 0 saturated carbocycles. The van der Waals surface area contributed by atoms with Crippen LogP contribution in [0.2, 0.25) is 0 Å². The largest absolute Gasteiger partial charge is 0.472 e. The van der Waals surface area contributed by atoms with Gasteiger partial charge in [-0.1, -0.05) is 357 Å². The molecular weight excluding hydrogens is 1290 g/mol. The van der Waals surface area contributed by atoms with Gasteiger partial charge in [-0.3, -0.25) is 37.3 Å². The molecule has 3 N–H and O–H groups in total. The van der Waals surface area contributed by atoms with Gasteiger partial charge in [0.1, 0.15) is 19.3 Å². The van der Waals surface area contributed by atoms with Gasteiger partial charge >= 0.3 is 39.5 Å². The van der Waals surface area contributed by atoms with E-state index in [1.165, 1.54) is 205 Å². The number of phosphoric acid groups is 2. The van der Waals surface area contributed by atoms with E-state index in [1.807, 2.05) is 0 Å². The number of phosphoric ester groups is 2. The summed E-state index contributed by atoms with van der Waals surface area (Å²) in [6, 6.07) is 0. The molecule has 0 fully saturated rings. The van der Waals surface area contributed by atoms with Crippen molar-refractivity contribution in [2.45, 2.75) is 427 Å². The van der Waals surface area contributed by atoms with E-state index in [2.05, 4.69) is 55.4 Å². The maximum atomic E-state index is 13.1. The Morgan fingerprint density at radius 1 is 0.283 bits per heavy atom. The van der Waals surface area contributed by atoms with Crippen LogP contribution in [0.3, 0.4) is 0 Å². The lowest BCUT2D eigenvalue weighted by molar-refractivity contribution is -0.161. The summed E-state index contributed by atoms with van der Waals surface area (Å²) in [6.07, 6.45) is 55.4. The van der Waals surface area contributed by atoms with Crippen molar-refractivity contribution in [3.63, 3.8) is 0 Å².